The maximum atomic E-state index is 13.3. The monoisotopic (exact) mass is 284 g/mol. The van der Waals surface area contributed by atoms with Crippen molar-refractivity contribution in [3.8, 4) is 0 Å². The minimum absolute atomic E-state index is 0.250. The van der Waals surface area contributed by atoms with E-state index < -0.39 is 0 Å². The molecule has 1 aromatic carbocycles. The van der Waals surface area contributed by atoms with Gasteiger partial charge in [0.2, 0.25) is 0 Å². The Kier molecular flexibility index (Phi) is 5.61. The van der Waals surface area contributed by atoms with Crippen LogP contribution in [0, 0.1) is 11.7 Å². The molecule has 0 unspecified atom stereocenters. The number of benzene rings is 1. The van der Waals surface area contributed by atoms with Gasteiger partial charge in [-0.2, -0.15) is 0 Å². The lowest BCUT2D eigenvalue weighted by atomic mass is 9.97. The normalized spacial score (nSPS) is 17.1. The summed E-state index contributed by atoms with van der Waals surface area (Å²) in [5.41, 5.74) is 0.959. The third-order valence-electron chi connectivity index (χ3n) is 3.75. The topological polar surface area (TPSA) is 15.3 Å². The van der Waals surface area contributed by atoms with Gasteiger partial charge in [0.25, 0.3) is 0 Å². The maximum absolute atomic E-state index is 13.3. The summed E-state index contributed by atoms with van der Waals surface area (Å²) in [7, 11) is 0. The van der Waals surface area contributed by atoms with Gasteiger partial charge in [0.05, 0.1) is 0 Å². The Hall–Kier alpha value is -0.640. The van der Waals surface area contributed by atoms with Crippen LogP contribution in [0.3, 0.4) is 0 Å². The van der Waals surface area contributed by atoms with E-state index in [1.165, 1.54) is 18.9 Å². The van der Waals surface area contributed by atoms with Crippen molar-refractivity contribution in [2.75, 3.05) is 26.2 Å². The molecule has 1 saturated heterocycles. The van der Waals surface area contributed by atoms with Gasteiger partial charge in [0.1, 0.15) is 5.82 Å². The van der Waals surface area contributed by atoms with Crippen LogP contribution in [-0.2, 0) is 6.54 Å². The molecule has 1 heterocycles. The first-order valence-electron chi connectivity index (χ1n) is 7.05. The molecule has 1 aliphatic heterocycles. The Morgan fingerprint density at radius 1 is 1.32 bits per heavy atom. The summed E-state index contributed by atoms with van der Waals surface area (Å²) in [5.74, 6) is 0.505. The molecular weight excluding hydrogens is 263 g/mol. The molecule has 1 aliphatic rings. The highest BCUT2D eigenvalue weighted by Crippen LogP contribution is 2.18. The Morgan fingerprint density at radius 3 is 2.68 bits per heavy atom. The summed E-state index contributed by atoms with van der Waals surface area (Å²) in [6.07, 6.45) is 2.47. The van der Waals surface area contributed by atoms with Gasteiger partial charge in [-0.1, -0.05) is 18.5 Å². The fourth-order valence-corrected chi connectivity index (χ4v) is 2.94. The lowest BCUT2D eigenvalue weighted by Crippen LogP contribution is -2.35. The van der Waals surface area contributed by atoms with E-state index >= 15 is 0 Å². The molecule has 1 N–H and O–H groups in total. The van der Waals surface area contributed by atoms with Crippen LogP contribution in [0.5, 0.6) is 0 Å². The highest BCUT2D eigenvalue weighted by Gasteiger charge is 2.16. The van der Waals surface area contributed by atoms with Gasteiger partial charge < -0.3 is 5.32 Å². The molecule has 1 aromatic rings. The molecule has 0 spiro atoms. The fraction of sp³-hybridized carbons (Fsp3) is 0.600. The molecule has 1 fully saturated rings. The number of halogens is 2. The second kappa shape index (κ2) is 7.22. The largest absolute Gasteiger partial charge is 0.317 e. The van der Waals surface area contributed by atoms with E-state index in [0.29, 0.717) is 5.02 Å². The summed E-state index contributed by atoms with van der Waals surface area (Å²) < 4.78 is 13.3. The van der Waals surface area contributed by atoms with Crippen molar-refractivity contribution in [2.24, 2.45) is 5.92 Å². The highest BCUT2D eigenvalue weighted by atomic mass is 35.5. The Morgan fingerprint density at radius 2 is 2.05 bits per heavy atom. The third-order valence-corrected chi connectivity index (χ3v) is 3.97. The Labute approximate surface area is 119 Å². The molecular formula is C15H22ClFN2. The molecule has 0 amide bonds. The average Bonchev–Trinajstić information content (AvgIpc) is 2.38. The van der Waals surface area contributed by atoms with Crippen LogP contribution in [0.1, 0.15) is 25.3 Å². The summed E-state index contributed by atoms with van der Waals surface area (Å²) in [6.45, 7) is 7.24. The number of piperidine rings is 1. The van der Waals surface area contributed by atoms with Gasteiger partial charge in [-0.15, -0.1) is 0 Å². The van der Waals surface area contributed by atoms with Gasteiger partial charge in [0, 0.05) is 18.1 Å². The summed E-state index contributed by atoms with van der Waals surface area (Å²) in [6, 6.07) is 4.79. The van der Waals surface area contributed by atoms with E-state index in [1.807, 2.05) is 6.07 Å². The number of nitrogens with zero attached hydrogens (tertiary/aromatic N) is 1. The summed E-state index contributed by atoms with van der Waals surface area (Å²) in [4.78, 5) is 2.38. The second-order valence-electron chi connectivity index (χ2n) is 5.30. The van der Waals surface area contributed by atoms with E-state index in [0.717, 1.165) is 44.2 Å². The SMILES string of the molecule is CCN(Cc1cc(F)cc(Cl)c1)CC1CCNCC1. The number of hydrogen-bond donors (Lipinski definition) is 1. The van der Waals surface area contributed by atoms with Crippen molar-refractivity contribution >= 4 is 11.6 Å². The predicted molar refractivity (Wildman–Crippen MR) is 78.0 cm³/mol. The molecule has 0 aromatic heterocycles. The number of rotatable bonds is 5. The van der Waals surface area contributed by atoms with Crippen molar-refractivity contribution in [3.05, 3.63) is 34.6 Å². The zero-order valence-corrected chi connectivity index (χ0v) is 12.2. The van der Waals surface area contributed by atoms with Crippen molar-refractivity contribution in [1.29, 1.82) is 0 Å². The molecule has 0 radical (unpaired) electrons. The van der Waals surface area contributed by atoms with Gasteiger partial charge in [0.15, 0.2) is 0 Å². The lowest BCUT2D eigenvalue weighted by Gasteiger charge is -2.29. The van der Waals surface area contributed by atoms with Gasteiger partial charge in [-0.05, 0) is 62.2 Å². The number of nitrogens with one attached hydrogen (secondary N) is 1. The molecule has 0 bridgehead atoms. The van der Waals surface area contributed by atoms with Crippen LogP contribution in [0.15, 0.2) is 18.2 Å². The van der Waals surface area contributed by atoms with Gasteiger partial charge in [-0.3, -0.25) is 4.90 Å². The predicted octanol–water partition coefficient (Wildman–Crippen LogP) is 3.30. The zero-order valence-electron chi connectivity index (χ0n) is 11.5. The lowest BCUT2D eigenvalue weighted by molar-refractivity contribution is 0.207. The molecule has 19 heavy (non-hydrogen) atoms. The first-order valence-corrected chi connectivity index (χ1v) is 7.43. The van der Waals surface area contributed by atoms with Crippen LogP contribution >= 0.6 is 11.6 Å². The van der Waals surface area contributed by atoms with Crippen molar-refractivity contribution in [3.63, 3.8) is 0 Å². The quantitative estimate of drug-likeness (QED) is 0.892. The van der Waals surface area contributed by atoms with Crippen molar-refractivity contribution in [1.82, 2.24) is 10.2 Å². The Balaban J connectivity index is 1.93. The molecule has 2 rings (SSSR count). The summed E-state index contributed by atoms with van der Waals surface area (Å²) >= 11 is 5.90. The average molecular weight is 285 g/mol. The van der Waals surface area contributed by atoms with Crippen LogP contribution in [0.2, 0.25) is 5.02 Å². The van der Waals surface area contributed by atoms with Crippen molar-refractivity contribution in [2.45, 2.75) is 26.3 Å². The molecule has 106 valence electrons. The van der Waals surface area contributed by atoms with E-state index in [-0.39, 0.29) is 5.82 Å². The van der Waals surface area contributed by atoms with E-state index in [4.69, 9.17) is 11.6 Å². The smallest absolute Gasteiger partial charge is 0.125 e. The highest BCUT2D eigenvalue weighted by molar-refractivity contribution is 6.30. The fourth-order valence-electron chi connectivity index (χ4n) is 2.70. The van der Waals surface area contributed by atoms with E-state index in [1.54, 1.807) is 6.07 Å². The first kappa shape index (κ1) is 14.8. The van der Waals surface area contributed by atoms with Gasteiger partial charge in [-0.25, -0.2) is 4.39 Å². The molecule has 4 heteroatoms. The third kappa shape index (κ3) is 4.75. The molecule has 0 atom stereocenters. The van der Waals surface area contributed by atoms with Crippen LogP contribution in [0.25, 0.3) is 0 Å². The number of hydrogen-bond acceptors (Lipinski definition) is 2. The standard InChI is InChI=1S/C15H22ClFN2/c1-2-19(10-12-3-5-18-6-4-12)11-13-7-14(16)9-15(17)8-13/h7-9,12,18H,2-6,10-11H2,1H3. The zero-order chi connectivity index (χ0) is 13.7. The minimum Gasteiger partial charge on any atom is -0.317 e. The first-order chi connectivity index (χ1) is 9.17. The van der Waals surface area contributed by atoms with Crippen LogP contribution in [0.4, 0.5) is 4.39 Å². The van der Waals surface area contributed by atoms with E-state index in [2.05, 4.69) is 17.1 Å². The summed E-state index contributed by atoms with van der Waals surface area (Å²) in [5, 5.41) is 3.86. The van der Waals surface area contributed by atoms with E-state index in [9.17, 15) is 4.39 Å². The molecule has 0 aliphatic carbocycles. The van der Waals surface area contributed by atoms with Crippen molar-refractivity contribution < 1.29 is 4.39 Å². The second-order valence-corrected chi connectivity index (χ2v) is 5.74. The maximum Gasteiger partial charge on any atom is 0.125 e. The Bertz CT molecular complexity index is 385. The molecule has 0 saturated carbocycles. The molecule has 2 nitrogen and oxygen atoms in total. The van der Waals surface area contributed by atoms with Crippen LogP contribution < -0.4 is 5.32 Å². The van der Waals surface area contributed by atoms with Crippen LogP contribution in [-0.4, -0.2) is 31.1 Å². The van der Waals surface area contributed by atoms with Gasteiger partial charge >= 0.3 is 0 Å². The minimum atomic E-state index is -0.250.